The van der Waals surface area contributed by atoms with Gasteiger partial charge < -0.3 is 34.7 Å². The molecular weight excluding hydrogens is 318 g/mol. The molecular formula is C12H18ClN3O6. The summed E-state index contributed by atoms with van der Waals surface area (Å²) >= 11 is 0. The molecule has 2 rings (SSSR count). The van der Waals surface area contributed by atoms with Crippen molar-refractivity contribution >= 4 is 12.4 Å². The number of aliphatic hydroxyl groups is 4. The Balaban J connectivity index is 0.00000242. The molecule has 0 saturated heterocycles. The first-order valence-electron chi connectivity index (χ1n) is 6.36. The number of hydrogen-bond donors (Lipinski definition) is 5. The maximum Gasteiger partial charge on any atom is 0.311 e. The highest BCUT2D eigenvalue weighted by molar-refractivity contribution is 5.85. The van der Waals surface area contributed by atoms with E-state index in [9.17, 15) is 15.3 Å². The lowest BCUT2D eigenvalue weighted by atomic mass is 10.1. The Labute approximate surface area is 132 Å². The number of ether oxygens (including phenoxy) is 1. The Hall–Kier alpha value is -1.65. The van der Waals surface area contributed by atoms with Crippen LogP contribution < -0.4 is 4.74 Å². The van der Waals surface area contributed by atoms with E-state index in [4.69, 9.17) is 14.4 Å². The highest BCUT2D eigenvalue weighted by Gasteiger charge is 2.27. The van der Waals surface area contributed by atoms with Crippen LogP contribution in [0.15, 0.2) is 16.8 Å². The Bertz CT molecular complexity index is 575. The number of aliphatic hydroxyl groups excluding tert-OH is 4. The number of nitrogens with zero attached hydrogens (tertiary/aromatic N) is 2. The summed E-state index contributed by atoms with van der Waals surface area (Å²) in [5.74, 6) is 0.547. The van der Waals surface area contributed by atoms with Crippen LogP contribution in [0.1, 0.15) is 18.7 Å². The van der Waals surface area contributed by atoms with Crippen LogP contribution in [0.4, 0.5) is 0 Å². The first-order chi connectivity index (χ1) is 10.1. The van der Waals surface area contributed by atoms with Crippen molar-refractivity contribution in [2.45, 2.75) is 25.2 Å². The van der Waals surface area contributed by atoms with Gasteiger partial charge in [0.05, 0.1) is 31.2 Å². The maximum absolute atomic E-state index is 9.88. The van der Waals surface area contributed by atoms with Gasteiger partial charge in [-0.1, -0.05) is 5.16 Å². The van der Waals surface area contributed by atoms with Crippen LogP contribution in [0.3, 0.4) is 0 Å². The summed E-state index contributed by atoms with van der Waals surface area (Å²) < 4.78 is 10.0. The van der Waals surface area contributed by atoms with Crippen molar-refractivity contribution in [2.24, 2.45) is 0 Å². The van der Waals surface area contributed by atoms with E-state index in [1.54, 1.807) is 6.92 Å². The zero-order valence-electron chi connectivity index (χ0n) is 11.7. The van der Waals surface area contributed by atoms with E-state index in [0.717, 1.165) is 0 Å². The monoisotopic (exact) mass is 335 g/mol. The number of halogens is 1. The fourth-order valence-electron chi connectivity index (χ4n) is 1.70. The topological polar surface area (TPSA) is 145 Å². The molecule has 124 valence electrons. The first kappa shape index (κ1) is 18.4. The maximum atomic E-state index is 9.88. The average Bonchev–Trinajstić information content (AvgIpc) is 3.14. The van der Waals surface area contributed by atoms with Gasteiger partial charge in [-0.15, -0.1) is 12.4 Å². The van der Waals surface area contributed by atoms with E-state index in [0.29, 0.717) is 18.1 Å². The number of nitrogens with one attached hydrogen (secondary N) is 1. The lowest BCUT2D eigenvalue weighted by molar-refractivity contribution is -0.0788. The molecule has 0 saturated carbocycles. The van der Waals surface area contributed by atoms with Gasteiger partial charge in [0.2, 0.25) is 0 Å². The molecule has 3 atom stereocenters. The second-order valence-electron chi connectivity index (χ2n) is 4.34. The van der Waals surface area contributed by atoms with Crippen LogP contribution in [-0.2, 0) is 0 Å². The summed E-state index contributed by atoms with van der Waals surface area (Å²) in [7, 11) is 0. The molecule has 2 aromatic rings. The van der Waals surface area contributed by atoms with E-state index >= 15 is 0 Å². The van der Waals surface area contributed by atoms with E-state index in [1.807, 2.05) is 0 Å². The zero-order valence-corrected chi connectivity index (χ0v) is 12.5. The van der Waals surface area contributed by atoms with Gasteiger partial charge in [0.15, 0.2) is 11.5 Å². The van der Waals surface area contributed by atoms with Gasteiger partial charge in [-0.25, -0.2) is 4.98 Å². The number of aromatic nitrogens is 3. The van der Waals surface area contributed by atoms with Gasteiger partial charge in [0.25, 0.3) is 0 Å². The third-order valence-electron chi connectivity index (χ3n) is 2.84. The predicted molar refractivity (Wildman–Crippen MR) is 76.6 cm³/mol. The van der Waals surface area contributed by atoms with Crippen LogP contribution >= 0.6 is 12.4 Å². The van der Waals surface area contributed by atoms with Crippen molar-refractivity contribution in [2.75, 3.05) is 13.2 Å². The normalized spacial score (nSPS) is 15.0. The third-order valence-corrected chi connectivity index (χ3v) is 2.84. The zero-order chi connectivity index (χ0) is 15.4. The first-order valence-corrected chi connectivity index (χ1v) is 6.36. The second kappa shape index (κ2) is 8.11. The number of H-pyrrole nitrogens is 1. The molecule has 10 heteroatoms. The Morgan fingerprint density at radius 1 is 1.36 bits per heavy atom. The van der Waals surface area contributed by atoms with Gasteiger partial charge in [-0.05, 0) is 6.92 Å². The second-order valence-corrected chi connectivity index (χ2v) is 4.34. The van der Waals surface area contributed by atoms with Crippen molar-refractivity contribution < 1.29 is 29.7 Å². The minimum Gasteiger partial charge on any atom is -0.464 e. The smallest absolute Gasteiger partial charge is 0.311 e. The number of rotatable bonds is 7. The van der Waals surface area contributed by atoms with E-state index < -0.39 is 24.9 Å². The molecule has 0 spiro atoms. The molecule has 22 heavy (non-hydrogen) atoms. The summed E-state index contributed by atoms with van der Waals surface area (Å²) in [5, 5.41) is 41.3. The van der Waals surface area contributed by atoms with Gasteiger partial charge in [0.1, 0.15) is 18.3 Å². The van der Waals surface area contributed by atoms with Gasteiger partial charge in [0, 0.05) is 0 Å². The molecule has 2 aromatic heterocycles. The van der Waals surface area contributed by atoms with Crippen molar-refractivity contribution in [1.29, 1.82) is 0 Å². The van der Waals surface area contributed by atoms with Crippen LogP contribution in [0.5, 0.6) is 5.95 Å². The Morgan fingerprint density at radius 2 is 2.09 bits per heavy atom. The minimum atomic E-state index is -1.54. The molecule has 9 nitrogen and oxygen atoms in total. The predicted octanol–water partition coefficient (Wildman–Crippen LogP) is -0.367. The van der Waals surface area contributed by atoms with Crippen LogP contribution in [0.25, 0.3) is 11.5 Å². The molecule has 0 amide bonds. The van der Waals surface area contributed by atoms with Crippen molar-refractivity contribution in [3.05, 3.63) is 18.0 Å². The average molecular weight is 336 g/mol. The number of imidazole rings is 1. The molecule has 0 bridgehead atoms. The van der Waals surface area contributed by atoms with E-state index in [2.05, 4.69) is 15.1 Å². The summed E-state index contributed by atoms with van der Waals surface area (Å²) in [4.78, 5) is 6.75. The Morgan fingerprint density at radius 3 is 2.73 bits per heavy atom. The number of aromatic amines is 1. The van der Waals surface area contributed by atoms with Crippen molar-refractivity contribution in [3.8, 4) is 17.5 Å². The quantitative estimate of drug-likeness (QED) is 0.461. The van der Waals surface area contributed by atoms with Crippen molar-refractivity contribution in [3.63, 3.8) is 0 Å². The Kier molecular flexibility index (Phi) is 6.78. The molecule has 5 N–H and O–H groups in total. The molecule has 0 fully saturated rings. The lowest BCUT2D eigenvalue weighted by Gasteiger charge is -2.20. The minimum absolute atomic E-state index is 0. The van der Waals surface area contributed by atoms with Crippen LogP contribution in [0, 0.1) is 0 Å². The molecule has 0 aromatic carbocycles. The third kappa shape index (κ3) is 3.96. The molecule has 0 aliphatic rings. The molecule has 2 heterocycles. The fourth-order valence-corrected chi connectivity index (χ4v) is 1.70. The lowest BCUT2D eigenvalue weighted by Crippen LogP contribution is -2.34. The standard InChI is InChI=1S/C12H17N3O6.ClH/c1-2-20-9-3-6(15-21-9)12-13-4-7(14-12)10(18)11(19)8(17)5-16;/h3-4,8,10-11,16-19H,2,5H2,1H3,(H,13,14);1H/t8-,10-,11-;/m1./s1. The van der Waals surface area contributed by atoms with Crippen molar-refractivity contribution in [1.82, 2.24) is 15.1 Å². The fraction of sp³-hybridized carbons (Fsp3) is 0.500. The van der Waals surface area contributed by atoms with E-state index in [1.165, 1.54) is 12.3 Å². The highest BCUT2D eigenvalue weighted by atomic mass is 35.5. The molecule has 0 unspecified atom stereocenters. The number of hydrogen-bond acceptors (Lipinski definition) is 8. The summed E-state index contributed by atoms with van der Waals surface area (Å²) in [6.45, 7) is 1.57. The summed E-state index contributed by atoms with van der Waals surface area (Å²) in [6.07, 6.45) is -3.13. The molecule has 0 aliphatic carbocycles. The van der Waals surface area contributed by atoms with Crippen LogP contribution in [0.2, 0.25) is 0 Å². The van der Waals surface area contributed by atoms with Gasteiger partial charge >= 0.3 is 5.95 Å². The van der Waals surface area contributed by atoms with Gasteiger partial charge in [-0.3, -0.25) is 0 Å². The SMILES string of the molecule is CCOc1cc(-c2ncc([C@@H](O)[C@H](O)[C@H](O)CO)[nH]2)no1.Cl. The molecule has 0 aliphatic heterocycles. The summed E-state index contributed by atoms with van der Waals surface area (Å²) in [5.41, 5.74) is 0.542. The summed E-state index contributed by atoms with van der Waals surface area (Å²) in [6, 6.07) is 1.53. The molecule has 0 radical (unpaired) electrons. The highest BCUT2D eigenvalue weighted by Crippen LogP contribution is 2.23. The van der Waals surface area contributed by atoms with Crippen LogP contribution in [-0.4, -0.2) is 61.0 Å². The van der Waals surface area contributed by atoms with E-state index in [-0.39, 0.29) is 24.0 Å². The van der Waals surface area contributed by atoms with Gasteiger partial charge in [-0.2, -0.15) is 0 Å². The largest absolute Gasteiger partial charge is 0.464 e.